The van der Waals surface area contributed by atoms with Crippen LogP contribution in [0.4, 0.5) is 0 Å². The van der Waals surface area contributed by atoms with Crippen LogP contribution < -0.4 is 9.47 Å². The second kappa shape index (κ2) is 9.81. The van der Waals surface area contributed by atoms with Gasteiger partial charge in [0.2, 0.25) is 0 Å². The highest BCUT2D eigenvalue weighted by atomic mass is 16.5. The van der Waals surface area contributed by atoms with Gasteiger partial charge in [-0.05, 0) is 28.2 Å². The van der Waals surface area contributed by atoms with Crippen molar-refractivity contribution in [2.24, 2.45) is 0 Å². The first-order valence-corrected chi connectivity index (χ1v) is 12.3. The molecule has 5 rings (SSSR count). The normalized spacial score (nSPS) is 21.7. The summed E-state index contributed by atoms with van der Waals surface area (Å²) in [6, 6.07) is 26.1. The first kappa shape index (κ1) is 22.9. The van der Waals surface area contributed by atoms with Gasteiger partial charge in [-0.3, -0.25) is 4.90 Å². The van der Waals surface area contributed by atoms with E-state index in [9.17, 15) is 0 Å². The topological polar surface area (TPSA) is 30.9 Å². The lowest BCUT2D eigenvalue weighted by Gasteiger charge is -2.32. The average molecular weight is 458 g/mol. The number of rotatable bonds is 7. The maximum Gasteiger partial charge on any atom is 0.127 e. The molecular weight excluding hydrogens is 422 g/mol. The third-order valence-electron chi connectivity index (χ3n) is 7.55. The first-order valence-electron chi connectivity index (χ1n) is 12.3. The van der Waals surface area contributed by atoms with E-state index in [1.807, 2.05) is 0 Å². The molecule has 1 saturated heterocycles. The number of hydrogen-bond donors (Lipinski definition) is 0. The van der Waals surface area contributed by atoms with Crippen LogP contribution >= 0.6 is 0 Å². The lowest BCUT2D eigenvalue weighted by molar-refractivity contribution is 0.0322. The zero-order valence-corrected chi connectivity index (χ0v) is 20.5. The Morgan fingerprint density at radius 2 is 1.56 bits per heavy atom. The fourth-order valence-electron chi connectivity index (χ4n) is 5.84. The van der Waals surface area contributed by atoms with Gasteiger partial charge in [0.15, 0.2) is 0 Å². The van der Waals surface area contributed by atoms with E-state index in [0.717, 1.165) is 44.3 Å². The average Bonchev–Trinajstić information content (AvgIpc) is 3.12. The maximum absolute atomic E-state index is 6.56. The van der Waals surface area contributed by atoms with Gasteiger partial charge >= 0.3 is 0 Å². The highest BCUT2D eigenvalue weighted by molar-refractivity contribution is 5.61. The van der Waals surface area contributed by atoms with Crippen molar-refractivity contribution in [2.45, 2.75) is 31.1 Å². The van der Waals surface area contributed by atoms with Crippen molar-refractivity contribution in [3.63, 3.8) is 0 Å². The van der Waals surface area contributed by atoms with Crippen molar-refractivity contribution < 1.29 is 14.2 Å². The third kappa shape index (κ3) is 4.33. The minimum Gasteiger partial charge on any atom is -0.497 e. The molecule has 0 saturated carbocycles. The van der Waals surface area contributed by atoms with Gasteiger partial charge in [-0.15, -0.1) is 0 Å². The smallest absolute Gasteiger partial charge is 0.127 e. The molecule has 0 unspecified atom stereocenters. The van der Waals surface area contributed by atoms with Crippen LogP contribution in [0.5, 0.6) is 11.5 Å². The molecule has 178 valence electrons. The fraction of sp³-hybridized carbons (Fsp3) is 0.400. The van der Waals surface area contributed by atoms with Crippen LogP contribution in [0.2, 0.25) is 0 Å². The van der Waals surface area contributed by atoms with Crippen molar-refractivity contribution in [2.75, 3.05) is 46.6 Å². The van der Waals surface area contributed by atoms with Gasteiger partial charge in [-0.1, -0.05) is 74.5 Å². The van der Waals surface area contributed by atoms with Crippen LogP contribution in [0.3, 0.4) is 0 Å². The lowest BCUT2D eigenvalue weighted by atomic mass is 9.70. The molecule has 1 aliphatic carbocycles. The zero-order valence-electron chi connectivity index (χ0n) is 20.5. The van der Waals surface area contributed by atoms with Crippen LogP contribution in [-0.4, -0.2) is 51.5 Å². The van der Waals surface area contributed by atoms with Gasteiger partial charge in [0.05, 0.1) is 20.3 Å². The molecule has 1 aliphatic heterocycles. The molecule has 4 nitrogen and oxygen atoms in total. The molecule has 2 aliphatic rings. The van der Waals surface area contributed by atoms with E-state index in [-0.39, 0.29) is 11.3 Å². The van der Waals surface area contributed by atoms with Gasteiger partial charge < -0.3 is 14.2 Å². The first-order chi connectivity index (χ1) is 16.6. The predicted octanol–water partition coefficient (Wildman–Crippen LogP) is 5.61. The van der Waals surface area contributed by atoms with Crippen LogP contribution in [-0.2, 0) is 10.2 Å². The molecule has 1 fully saturated rings. The van der Waals surface area contributed by atoms with Crippen molar-refractivity contribution in [1.29, 1.82) is 0 Å². The van der Waals surface area contributed by atoms with Crippen molar-refractivity contribution in [1.82, 2.24) is 4.90 Å². The monoisotopic (exact) mass is 457 g/mol. The minimum absolute atomic E-state index is 0.0892. The number of hydrogen-bond acceptors (Lipinski definition) is 4. The number of benzene rings is 3. The van der Waals surface area contributed by atoms with Gasteiger partial charge in [-0.2, -0.15) is 0 Å². The SMILES string of the molecule is COc1cc(OCCN2CCOCC2)c2c(c1)C(C)(C)[C@H](c1ccccc1)[C@H]2c1ccccc1. The summed E-state index contributed by atoms with van der Waals surface area (Å²) in [6.45, 7) is 9.82. The summed E-state index contributed by atoms with van der Waals surface area (Å²) in [5.41, 5.74) is 5.21. The van der Waals surface area contributed by atoms with Gasteiger partial charge in [-0.25, -0.2) is 0 Å². The Hall–Kier alpha value is -2.82. The highest BCUT2D eigenvalue weighted by Gasteiger charge is 2.49. The molecular formula is C30H35NO3. The molecule has 0 bridgehead atoms. The Morgan fingerprint density at radius 3 is 2.21 bits per heavy atom. The molecule has 0 aromatic heterocycles. The molecule has 3 aromatic carbocycles. The summed E-state index contributed by atoms with van der Waals surface area (Å²) < 4.78 is 17.8. The van der Waals surface area contributed by atoms with Gasteiger partial charge in [0.25, 0.3) is 0 Å². The molecule has 0 radical (unpaired) electrons. The number of ether oxygens (including phenoxy) is 3. The van der Waals surface area contributed by atoms with Crippen molar-refractivity contribution in [3.8, 4) is 11.5 Å². The summed E-state index contributed by atoms with van der Waals surface area (Å²) >= 11 is 0. The Labute approximate surface area is 203 Å². The van der Waals surface area contributed by atoms with Crippen LogP contribution in [0.1, 0.15) is 47.9 Å². The van der Waals surface area contributed by atoms with Gasteiger partial charge in [0, 0.05) is 43.1 Å². The summed E-state index contributed by atoms with van der Waals surface area (Å²) in [5, 5.41) is 0. The molecule has 0 amide bonds. The van der Waals surface area contributed by atoms with Crippen LogP contribution in [0.25, 0.3) is 0 Å². The molecule has 2 atom stereocenters. The van der Waals surface area contributed by atoms with Crippen LogP contribution in [0.15, 0.2) is 72.8 Å². The van der Waals surface area contributed by atoms with E-state index in [2.05, 4.69) is 91.5 Å². The molecule has 34 heavy (non-hydrogen) atoms. The lowest BCUT2D eigenvalue weighted by Crippen LogP contribution is -2.38. The fourth-order valence-corrected chi connectivity index (χ4v) is 5.84. The number of methoxy groups -OCH3 is 1. The second-order valence-corrected chi connectivity index (χ2v) is 9.89. The number of fused-ring (bicyclic) bond motifs is 1. The Kier molecular flexibility index (Phi) is 6.62. The maximum atomic E-state index is 6.56. The van der Waals surface area contributed by atoms with E-state index >= 15 is 0 Å². The predicted molar refractivity (Wildman–Crippen MR) is 136 cm³/mol. The van der Waals surface area contributed by atoms with E-state index < -0.39 is 0 Å². The van der Waals surface area contributed by atoms with Crippen molar-refractivity contribution in [3.05, 3.63) is 95.1 Å². The van der Waals surface area contributed by atoms with Crippen LogP contribution in [0, 0.1) is 0 Å². The largest absolute Gasteiger partial charge is 0.497 e. The molecule has 1 heterocycles. The third-order valence-corrected chi connectivity index (χ3v) is 7.55. The Balaban J connectivity index is 1.58. The summed E-state index contributed by atoms with van der Waals surface area (Å²) in [7, 11) is 1.74. The van der Waals surface area contributed by atoms with E-state index in [1.165, 1.54) is 22.3 Å². The quantitative estimate of drug-likeness (QED) is 0.461. The van der Waals surface area contributed by atoms with E-state index in [0.29, 0.717) is 12.5 Å². The number of morpholine rings is 1. The summed E-state index contributed by atoms with van der Waals surface area (Å²) in [6.07, 6.45) is 0. The van der Waals surface area contributed by atoms with E-state index in [1.54, 1.807) is 7.11 Å². The van der Waals surface area contributed by atoms with E-state index in [4.69, 9.17) is 14.2 Å². The second-order valence-electron chi connectivity index (χ2n) is 9.89. The molecule has 4 heteroatoms. The van der Waals surface area contributed by atoms with Gasteiger partial charge in [0.1, 0.15) is 18.1 Å². The Morgan fingerprint density at radius 1 is 0.912 bits per heavy atom. The zero-order chi connectivity index (χ0) is 23.5. The molecule has 3 aromatic rings. The standard InChI is InChI=1S/C30H35NO3/c1-30(2)25-20-24(32-3)21-26(34-19-16-31-14-17-33-18-15-31)28(25)27(22-10-6-4-7-11-22)29(30)23-12-8-5-9-13-23/h4-13,20-21,27,29H,14-19H2,1-3H3/t27-,29+/m0/s1. The number of nitrogens with zero attached hydrogens (tertiary/aromatic N) is 1. The Bertz CT molecular complexity index is 1090. The summed E-state index contributed by atoms with van der Waals surface area (Å²) in [5.74, 6) is 2.30. The minimum atomic E-state index is -0.0892. The molecule has 0 spiro atoms. The summed E-state index contributed by atoms with van der Waals surface area (Å²) in [4.78, 5) is 2.41. The molecule has 0 N–H and O–H groups in total. The highest BCUT2D eigenvalue weighted by Crippen LogP contribution is 2.60. The van der Waals surface area contributed by atoms with Crippen molar-refractivity contribution >= 4 is 0 Å².